The summed E-state index contributed by atoms with van der Waals surface area (Å²) in [5, 5.41) is 4.37. The zero-order chi connectivity index (χ0) is 13.8. The zero-order valence-electron chi connectivity index (χ0n) is 10.8. The Morgan fingerprint density at radius 3 is 2.61 bits per heavy atom. The van der Waals surface area contributed by atoms with Crippen molar-refractivity contribution >= 4 is 23.2 Å². The van der Waals surface area contributed by atoms with Gasteiger partial charge in [0.05, 0.1) is 13.7 Å². The first-order valence-electron chi connectivity index (χ1n) is 5.31. The fraction of sp³-hybridized carbons (Fsp3) is 0.545. The summed E-state index contributed by atoms with van der Waals surface area (Å²) in [5.74, 6) is -0.291. The first-order chi connectivity index (χ1) is 8.31. The van der Waals surface area contributed by atoms with Crippen molar-refractivity contribution in [3.05, 3.63) is 11.1 Å². The maximum Gasteiger partial charge on any atom is 0.408 e. The standard InChI is InChI=1S/C11H16N2O4S/c1-11(2,3)17-9(15)12-5-8(14)7-6-18-10(13-7)16-4/h6H,5H2,1-4H3,(H,12,15). The largest absolute Gasteiger partial charge is 0.473 e. The lowest BCUT2D eigenvalue weighted by Gasteiger charge is -2.19. The number of carbonyl (C=O) groups excluding carboxylic acids is 2. The van der Waals surface area contributed by atoms with Crippen LogP contribution in [0.1, 0.15) is 31.3 Å². The van der Waals surface area contributed by atoms with Gasteiger partial charge in [0.2, 0.25) is 5.78 Å². The predicted molar refractivity (Wildman–Crippen MR) is 67.2 cm³/mol. The van der Waals surface area contributed by atoms with Gasteiger partial charge in [0.15, 0.2) is 0 Å². The number of aromatic nitrogens is 1. The third kappa shape index (κ3) is 4.70. The van der Waals surface area contributed by atoms with Crippen LogP contribution >= 0.6 is 11.3 Å². The Kier molecular flexibility index (Phi) is 4.66. The van der Waals surface area contributed by atoms with Crippen LogP contribution in [-0.4, -0.2) is 36.1 Å². The summed E-state index contributed by atoms with van der Waals surface area (Å²) in [5.41, 5.74) is -0.315. The summed E-state index contributed by atoms with van der Waals surface area (Å²) < 4.78 is 9.89. The molecule has 0 saturated carbocycles. The summed E-state index contributed by atoms with van der Waals surface area (Å²) in [6.45, 7) is 5.10. The van der Waals surface area contributed by atoms with Gasteiger partial charge in [-0.2, -0.15) is 4.98 Å². The van der Waals surface area contributed by atoms with Crippen LogP contribution in [0.2, 0.25) is 0 Å². The van der Waals surface area contributed by atoms with Crippen LogP contribution in [0.5, 0.6) is 5.19 Å². The molecule has 7 heteroatoms. The quantitative estimate of drug-likeness (QED) is 0.846. The SMILES string of the molecule is COc1nc(C(=O)CNC(=O)OC(C)(C)C)cs1. The van der Waals surface area contributed by atoms with Gasteiger partial charge in [-0.05, 0) is 20.8 Å². The van der Waals surface area contributed by atoms with Gasteiger partial charge in [-0.1, -0.05) is 11.3 Å². The number of thiazole rings is 1. The van der Waals surface area contributed by atoms with Gasteiger partial charge in [-0.3, -0.25) is 4.79 Å². The van der Waals surface area contributed by atoms with E-state index in [2.05, 4.69) is 10.3 Å². The maximum absolute atomic E-state index is 11.7. The van der Waals surface area contributed by atoms with Crippen LogP contribution in [0.4, 0.5) is 4.79 Å². The second-order valence-electron chi connectivity index (χ2n) is 4.48. The summed E-state index contributed by atoms with van der Waals surface area (Å²) in [6.07, 6.45) is -0.627. The van der Waals surface area contributed by atoms with Crippen LogP contribution < -0.4 is 10.1 Å². The number of ether oxygens (including phenoxy) is 2. The first kappa shape index (κ1) is 14.4. The molecule has 1 amide bonds. The fourth-order valence-electron chi connectivity index (χ4n) is 1.04. The number of alkyl carbamates (subject to hydrolysis) is 1. The molecule has 0 bridgehead atoms. The first-order valence-corrected chi connectivity index (χ1v) is 6.19. The minimum absolute atomic E-state index is 0.151. The second kappa shape index (κ2) is 5.81. The van der Waals surface area contributed by atoms with Gasteiger partial charge in [0.25, 0.3) is 5.19 Å². The minimum atomic E-state index is -0.627. The van der Waals surface area contributed by atoms with Crippen molar-refractivity contribution in [1.29, 1.82) is 0 Å². The third-order valence-electron chi connectivity index (χ3n) is 1.74. The van der Waals surface area contributed by atoms with E-state index in [1.807, 2.05) is 0 Å². The van der Waals surface area contributed by atoms with Crippen molar-refractivity contribution in [2.45, 2.75) is 26.4 Å². The molecule has 18 heavy (non-hydrogen) atoms. The normalized spacial score (nSPS) is 10.9. The molecule has 0 radical (unpaired) electrons. The number of carbonyl (C=O) groups is 2. The van der Waals surface area contributed by atoms with E-state index in [0.717, 1.165) is 0 Å². The Morgan fingerprint density at radius 1 is 1.44 bits per heavy atom. The number of hydrogen-bond acceptors (Lipinski definition) is 6. The number of nitrogens with one attached hydrogen (secondary N) is 1. The molecular weight excluding hydrogens is 256 g/mol. The molecule has 0 atom stereocenters. The second-order valence-corrected chi connectivity index (χ2v) is 5.30. The van der Waals surface area contributed by atoms with Crippen molar-refractivity contribution in [3.8, 4) is 5.19 Å². The van der Waals surface area contributed by atoms with Crippen molar-refractivity contribution in [2.24, 2.45) is 0 Å². The van der Waals surface area contributed by atoms with Gasteiger partial charge in [0.1, 0.15) is 11.3 Å². The van der Waals surface area contributed by atoms with E-state index in [1.54, 1.807) is 26.2 Å². The Bertz CT molecular complexity index is 436. The van der Waals surface area contributed by atoms with E-state index in [9.17, 15) is 9.59 Å². The minimum Gasteiger partial charge on any atom is -0.473 e. The number of Topliss-reactive ketones (excluding diaryl/α,β-unsaturated/α-hetero) is 1. The van der Waals surface area contributed by atoms with Crippen molar-refractivity contribution in [1.82, 2.24) is 10.3 Å². The average molecular weight is 272 g/mol. The van der Waals surface area contributed by atoms with E-state index >= 15 is 0 Å². The number of nitrogens with zero attached hydrogens (tertiary/aromatic N) is 1. The Labute approximate surface area is 109 Å². The van der Waals surface area contributed by atoms with Gasteiger partial charge in [0, 0.05) is 5.38 Å². The predicted octanol–water partition coefficient (Wildman–Crippen LogP) is 1.86. The number of amides is 1. The van der Waals surface area contributed by atoms with Gasteiger partial charge < -0.3 is 14.8 Å². The molecule has 1 rings (SSSR count). The lowest BCUT2D eigenvalue weighted by atomic mass is 10.2. The maximum atomic E-state index is 11.7. The molecule has 6 nitrogen and oxygen atoms in total. The fourth-order valence-corrected chi connectivity index (χ4v) is 1.68. The molecule has 100 valence electrons. The van der Waals surface area contributed by atoms with Gasteiger partial charge in [-0.15, -0.1) is 0 Å². The summed E-state index contributed by atoms with van der Waals surface area (Å²) in [6, 6.07) is 0. The highest BCUT2D eigenvalue weighted by molar-refractivity contribution is 7.11. The molecule has 1 aromatic heterocycles. The molecule has 1 N–H and O–H groups in total. The van der Waals surface area contributed by atoms with Crippen LogP contribution in [-0.2, 0) is 4.74 Å². The van der Waals surface area contributed by atoms with Crippen LogP contribution in [0.3, 0.4) is 0 Å². The van der Waals surface area contributed by atoms with Crippen molar-refractivity contribution < 1.29 is 19.1 Å². The Balaban J connectivity index is 2.44. The summed E-state index contributed by atoms with van der Waals surface area (Å²) >= 11 is 1.22. The van der Waals surface area contributed by atoms with E-state index in [-0.39, 0.29) is 18.0 Å². The van der Waals surface area contributed by atoms with E-state index in [0.29, 0.717) is 5.19 Å². The summed E-state index contributed by atoms with van der Waals surface area (Å²) in [4.78, 5) is 26.9. The number of hydrogen-bond donors (Lipinski definition) is 1. The molecule has 0 fully saturated rings. The van der Waals surface area contributed by atoms with Crippen LogP contribution in [0, 0.1) is 0 Å². The van der Waals surface area contributed by atoms with E-state index < -0.39 is 11.7 Å². The van der Waals surface area contributed by atoms with Gasteiger partial charge in [-0.25, -0.2) is 4.79 Å². The molecule has 0 saturated heterocycles. The highest BCUT2D eigenvalue weighted by atomic mass is 32.1. The van der Waals surface area contributed by atoms with E-state index in [1.165, 1.54) is 18.4 Å². The zero-order valence-corrected chi connectivity index (χ0v) is 11.6. The average Bonchev–Trinajstić information content (AvgIpc) is 2.72. The smallest absolute Gasteiger partial charge is 0.408 e. The molecule has 0 spiro atoms. The molecule has 1 heterocycles. The van der Waals surface area contributed by atoms with Crippen LogP contribution in [0.15, 0.2) is 5.38 Å². The highest BCUT2D eigenvalue weighted by Crippen LogP contribution is 2.17. The molecule has 0 aliphatic carbocycles. The Hall–Kier alpha value is -1.63. The molecule has 0 aromatic carbocycles. The molecule has 0 unspecified atom stereocenters. The highest BCUT2D eigenvalue weighted by Gasteiger charge is 2.17. The number of ketones is 1. The molecule has 0 aliphatic heterocycles. The number of methoxy groups -OCH3 is 1. The van der Waals surface area contributed by atoms with Crippen LogP contribution in [0.25, 0.3) is 0 Å². The summed E-state index contributed by atoms with van der Waals surface area (Å²) in [7, 11) is 1.48. The molecular formula is C11H16N2O4S. The van der Waals surface area contributed by atoms with Crippen molar-refractivity contribution in [2.75, 3.05) is 13.7 Å². The van der Waals surface area contributed by atoms with Gasteiger partial charge >= 0.3 is 6.09 Å². The number of rotatable bonds is 4. The monoisotopic (exact) mass is 272 g/mol. The third-order valence-corrected chi connectivity index (χ3v) is 2.54. The molecule has 1 aromatic rings. The molecule has 0 aliphatic rings. The Morgan fingerprint density at radius 2 is 2.11 bits per heavy atom. The topological polar surface area (TPSA) is 77.5 Å². The lowest BCUT2D eigenvalue weighted by molar-refractivity contribution is 0.0520. The lowest BCUT2D eigenvalue weighted by Crippen LogP contribution is -2.35. The van der Waals surface area contributed by atoms with Crippen molar-refractivity contribution in [3.63, 3.8) is 0 Å². The van der Waals surface area contributed by atoms with E-state index in [4.69, 9.17) is 9.47 Å².